The summed E-state index contributed by atoms with van der Waals surface area (Å²) < 4.78 is 21.5. The Morgan fingerprint density at radius 2 is 2.00 bits per heavy atom. The molecule has 72 valence electrons. The Labute approximate surface area is 73.7 Å². The molecular formula is C8H16O3S. The predicted octanol–water partition coefficient (Wildman–Crippen LogP) is 0.582. The van der Waals surface area contributed by atoms with Gasteiger partial charge in [0.15, 0.2) is 0 Å². The van der Waals surface area contributed by atoms with Gasteiger partial charge in [-0.3, -0.25) is 0 Å². The zero-order valence-corrected chi connectivity index (χ0v) is 8.39. The molecule has 1 saturated carbocycles. The molecule has 0 saturated heterocycles. The molecule has 12 heavy (non-hydrogen) atoms. The Bertz CT molecular complexity index is 251. The lowest BCUT2D eigenvalue weighted by molar-refractivity contribution is 0.0999. The SMILES string of the molecule is CC1(C(O)CCS(C)(=O)=O)CC1. The maximum atomic E-state index is 10.8. The first kappa shape index (κ1) is 9.99. The quantitative estimate of drug-likeness (QED) is 0.709. The molecule has 0 bridgehead atoms. The van der Waals surface area contributed by atoms with Gasteiger partial charge in [0.2, 0.25) is 0 Å². The molecule has 4 heteroatoms. The van der Waals surface area contributed by atoms with E-state index in [0.29, 0.717) is 6.42 Å². The molecule has 0 aromatic carbocycles. The largest absolute Gasteiger partial charge is 0.393 e. The van der Waals surface area contributed by atoms with Crippen LogP contribution < -0.4 is 0 Å². The molecule has 1 atom stereocenters. The van der Waals surface area contributed by atoms with Crippen LogP contribution in [-0.4, -0.2) is 31.6 Å². The zero-order chi connectivity index (χ0) is 9.41. The van der Waals surface area contributed by atoms with Crippen LogP contribution in [0.5, 0.6) is 0 Å². The van der Waals surface area contributed by atoms with Crippen molar-refractivity contribution in [2.45, 2.75) is 32.3 Å². The second kappa shape index (κ2) is 3.00. The van der Waals surface area contributed by atoms with Gasteiger partial charge < -0.3 is 5.11 Å². The number of rotatable bonds is 4. The van der Waals surface area contributed by atoms with Crippen molar-refractivity contribution < 1.29 is 13.5 Å². The summed E-state index contributed by atoms with van der Waals surface area (Å²) in [6.45, 7) is 2.00. The van der Waals surface area contributed by atoms with E-state index in [0.717, 1.165) is 12.8 Å². The van der Waals surface area contributed by atoms with Gasteiger partial charge in [0.1, 0.15) is 9.84 Å². The predicted molar refractivity (Wildman–Crippen MR) is 47.7 cm³/mol. The third-order valence-corrected chi connectivity index (χ3v) is 3.58. The van der Waals surface area contributed by atoms with Crippen LogP contribution in [0.1, 0.15) is 26.2 Å². The van der Waals surface area contributed by atoms with Gasteiger partial charge in [0.25, 0.3) is 0 Å². The zero-order valence-electron chi connectivity index (χ0n) is 7.58. The summed E-state index contributed by atoms with van der Waals surface area (Å²) in [6, 6.07) is 0. The van der Waals surface area contributed by atoms with Crippen LogP contribution in [0.2, 0.25) is 0 Å². The van der Waals surface area contributed by atoms with E-state index in [1.165, 1.54) is 6.26 Å². The lowest BCUT2D eigenvalue weighted by Gasteiger charge is -2.16. The fourth-order valence-electron chi connectivity index (χ4n) is 1.20. The number of hydrogen-bond acceptors (Lipinski definition) is 3. The summed E-state index contributed by atoms with van der Waals surface area (Å²) in [6.07, 6.45) is 3.20. The van der Waals surface area contributed by atoms with Crippen molar-refractivity contribution in [1.29, 1.82) is 0 Å². The van der Waals surface area contributed by atoms with Crippen LogP contribution in [0.15, 0.2) is 0 Å². The fourth-order valence-corrected chi connectivity index (χ4v) is 1.86. The van der Waals surface area contributed by atoms with E-state index in [-0.39, 0.29) is 11.2 Å². The third-order valence-electron chi connectivity index (χ3n) is 2.61. The van der Waals surface area contributed by atoms with Crippen molar-refractivity contribution in [3.8, 4) is 0 Å². The van der Waals surface area contributed by atoms with Crippen molar-refractivity contribution in [3.63, 3.8) is 0 Å². The second-order valence-electron chi connectivity index (χ2n) is 4.09. The van der Waals surface area contributed by atoms with Crippen LogP contribution in [0.3, 0.4) is 0 Å². The summed E-state index contributed by atoms with van der Waals surface area (Å²) in [7, 11) is -2.91. The Hall–Kier alpha value is -0.0900. The van der Waals surface area contributed by atoms with Crippen LogP contribution in [0, 0.1) is 5.41 Å². The lowest BCUT2D eigenvalue weighted by Crippen LogP contribution is -2.22. The standard InChI is InChI=1S/C8H16O3S/c1-8(4-5-8)7(9)3-6-12(2,10)11/h7,9H,3-6H2,1-2H3. The van der Waals surface area contributed by atoms with Crippen molar-refractivity contribution in [2.75, 3.05) is 12.0 Å². The van der Waals surface area contributed by atoms with Crippen LogP contribution in [-0.2, 0) is 9.84 Å². The minimum Gasteiger partial charge on any atom is -0.393 e. The van der Waals surface area contributed by atoms with Gasteiger partial charge >= 0.3 is 0 Å². The van der Waals surface area contributed by atoms with Gasteiger partial charge in [-0.1, -0.05) is 6.92 Å². The molecule has 1 fully saturated rings. The van der Waals surface area contributed by atoms with E-state index < -0.39 is 15.9 Å². The molecule has 1 aliphatic rings. The molecular weight excluding hydrogens is 176 g/mol. The van der Waals surface area contributed by atoms with Crippen molar-refractivity contribution in [2.24, 2.45) is 5.41 Å². The van der Waals surface area contributed by atoms with E-state index >= 15 is 0 Å². The topological polar surface area (TPSA) is 54.4 Å². The smallest absolute Gasteiger partial charge is 0.147 e. The minimum absolute atomic E-state index is 0.0185. The van der Waals surface area contributed by atoms with Crippen molar-refractivity contribution in [3.05, 3.63) is 0 Å². The summed E-state index contributed by atoms with van der Waals surface area (Å²) in [5.41, 5.74) is 0.0185. The van der Waals surface area contributed by atoms with E-state index in [4.69, 9.17) is 0 Å². The highest BCUT2D eigenvalue weighted by molar-refractivity contribution is 7.90. The molecule has 0 heterocycles. The lowest BCUT2D eigenvalue weighted by atomic mass is 10.0. The number of aliphatic hydroxyl groups excluding tert-OH is 1. The molecule has 3 nitrogen and oxygen atoms in total. The first-order valence-corrected chi connectivity index (χ1v) is 6.25. The van der Waals surface area contributed by atoms with E-state index in [1.807, 2.05) is 6.92 Å². The molecule has 0 aromatic rings. The summed E-state index contributed by atoms with van der Waals surface area (Å²) in [5, 5.41) is 9.55. The monoisotopic (exact) mass is 192 g/mol. The van der Waals surface area contributed by atoms with Crippen molar-refractivity contribution in [1.82, 2.24) is 0 Å². The summed E-state index contributed by atoms with van der Waals surface area (Å²) in [4.78, 5) is 0. The van der Waals surface area contributed by atoms with Crippen LogP contribution in [0.4, 0.5) is 0 Å². The van der Waals surface area contributed by atoms with E-state index in [9.17, 15) is 13.5 Å². The number of hydrogen-bond donors (Lipinski definition) is 1. The Kier molecular flexibility index (Phi) is 2.50. The van der Waals surface area contributed by atoms with Gasteiger partial charge in [0.05, 0.1) is 11.9 Å². The maximum Gasteiger partial charge on any atom is 0.147 e. The van der Waals surface area contributed by atoms with Gasteiger partial charge in [-0.05, 0) is 24.7 Å². The van der Waals surface area contributed by atoms with Gasteiger partial charge in [-0.2, -0.15) is 0 Å². The van der Waals surface area contributed by atoms with E-state index in [2.05, 4.69) is 0 Å². The van der Waals surface area contributed by atoms with Crippen molar-refractivity contribution >= 4 is 9.84 Å². The Balaban J connectivity index is 2.33. The molecule has 1 unspecified atom stereocenters. The average Bonchev–Trinajstić information content (AvgIpc) is 2.62. The second-order valence-corrected chi connectivity index (χ2v) is 6.35. The van der Waals surface area contributed by atoms with Gasteiger partial charge in [-0.15, -0.1) is 0 Å². The molecule has 1 rings (SSSR count). The van der Waals surface area contributed by atoms with Crippen LogP contribution in [0.25, 0.3) is 0 Å². The van der Waals surface area contributed by atoms with Gasteiger partial charge in [-0.25, -0.2) is 8.42 Å². The first-order valence-electron chi connectivity index (χ1n) is 4.19. The molecule has 0 aromatic heterocycles. The molecule has 0 spiro atoms. The van der Waals surface area contributed by atoms with Gasteiger partial charge in [0, 0.05) is 6.26 Å². The fraction of sp³-hybridized carbons (Fsp3) is 1.00. The maximum absolute atomic E-state index is 10.8. The molecule has 1 aliphatic carbocycles. The average molecular weight is 192 g/mol. The third kappa shape index (κ3) is 2.75. The Morgan fingerprint density at radius 3 is 2.33 bits per heavy atom. The highest BCUT2D eigenvalue weighted by atomic mass is 32.2. The molecule has 1 N–H and O–H groups in total. The highest BCUT2D eigenvalue weighted by Gasteiger charge is 2.43. The molecule has 0 aliphatic heterocycles. The molecule has 0 amide bonds. The Morgan fingerprint density at radius 1 is 1.50 bits per heavy atom. The number of sulfone groups is 1. The minimum atomic E-state index is -2.91. The summed E-state index contributed by atoms with van der Waals surface area (Å²) >= 11 is 0. The molecule has 0 radical (unpaired) electrons. The first-order chi connectivity index (χ1) is 5.33. The normalized spacial score (nSPS) is 23.6. The van der Waals surface area contributed by atoms with Crippen LogP contribution >= 0.6 is 0 Å². The number of aliphatic hydroxyl groups is 1. The summed E-state index contributed by atoms with van der Waals surface area (Å²) in [5.74, 6) is 0.101. The highest BCUT2D eigenvalue weighted by Crippen LogP contribution is 2.48. The van der Waals surface area contributed by atoms with E-state index in [1.54, 1.807) is 0 Å².